The molecule has 1 heterocycles. The van der Waals surface area contributed by atoms with Crippen LogP contribution in [0.3, 0.4) is 0 Å². The van der Waals surface area contributed by atoms with Gasteiger partial charge in [-0.15, -0.1) is 11.3 Å². The number of anilines is 1. The van der Waals surface area contributed by atoms with Crippen LogP contribution in [0.15, 0.2) is 23.2 Å². The highest BCUT2D eigenvalue weighted by molar-refractivity contribution is 7.93. The van der Waals surface area contributed by atoms with Crippen molar-refractivity contribution in [3.63, 3.8) is 0 Å². The molecule has 9 heteroatoms. The Balaban J connectivity index is 2.51. The van der Waals surface area contributed by atoms with Crippen LogP contribution in [0.2, 0.25) is 5.02 Å². The number of hydrogen-bond acceptors (Lipinski definition) is 6. The summed E-state index contributed by atoms with van der Waals surface area (Å²) in [7, 11) is -2.59. The van der Waals surface area contributed by atoms with Gasteiger partial charge in [-0.25, -0.2) is 13.4 Å². The van der Waals surface area contributed by atoms with Crippen LogP contribution in [0.4, 0.5) is 5.13 Å². The molecule has 2 rings (SSSR count). The maximum Gasteiger partial charge on any atom is 0.267 e. The third kappa shape index (κ3) is 3.46. The first-order valence-electron chi connectivity index (χ1n) is 5.80. The largest absolute Gasteiger partial charge is 0.495 e. The molecule has 0 bridgehead atoms. The average Bonchev–Trinajstić information content (AvgIpc) is 2.82. The van der Waals surface area contributed by atoms with Crippen molar-refractivity contribution in [1.29, 1.82) is 0 Å². The van der Waals surface area contributed by atoms with Crippen molar-refractivity contribution in [2.75, 3.05) is 11.8 Å². The monoisotopic (exact) mass is 348 g/mol. The van der Waals surface area contributed by atoms with Gasteiger partial charge in [0.05, 0.1) is 13.7 Å². The molecule has 0 fully saturated rings. The number of rotatable bonds is 5. The maximum absolute atomic E-state index is 12.4. The van der Waals surface area contributed by atoms with Gasteiger partial charge in [0.1, 0.15) is 10.6 Å². The highest BCUT2D eigenvalue weighted by Crippen LogP contribution is 2.33. The standard InChI is InChI=1S/C12H13ClN2O4S2/c1-7-5-14-12(20-7)15-21(17,18)10-4-9(13)3-8(6-16)11(10)19-2/h3-5,16H,6H2,1-2H3,(H,14,15). The summed E-state index contributed by atoms with van der Waals surface area (Å²) in [4.78, 5) is 4.68. The summed E-state index contributed by atoms with van der Waals surface area (Å²) in [5.41, 5.74) is 0.292. The van der Waals surface area contributed by atoms with E-state index in [-0.39, 0.29) is 27.4 Å². The summed E-state index contributed by atoms with van der Waals surface area (Å²) in [6.45, 7) is 1.43. The summed E-state index contributed by atoms with van der Waals surface area (Å²) in [5, 5.41) is 9.73. The summed E-state index contributed by atoms with van der Waals surface area (Å²) in [6.07, 6.45) is 1.57. The van der Waals surface area contributed by atoms with Crippen molar-refractivity contribution in [2.45, 2.75) is 18.4 Å². The number of nitrogens with one attached hydrogen (secondary N) is 1. The second-order valence-corrected chi connectivity index (χ2v) is 7.46. The maximum atomic E-state index is 12.4. The zero-order valence-corrected chi connectivity index (χ0v) is 13.6. The topological polar surface area (TPSA) is 88.5 Å². The number of halogens is 1. The molecule has 0 aliphatic heterocycles. The number of ether oxygens (including phenoxy) is 1. The first kappa shape index (κ1) is 16.0. The summed E-state index contributed by atoms with van der Waals surface area (Å²) in [5.74, 6) is 0.0580. The molecule has 2 aromatic rings. The Morgan fingerprint density at radius 3 is 2.71 bits per heavy atom. The number of aromatic nitrogens is 1. The van der Waals surface area contributed by atoms with E-state index in [1.165, 1.54) is 30.6 Å². The van der Waals surface area contributed by atoms with E-state index in [0.29, 0.717) is 5.56 Å². The first-order chi connectivity index (χ1) is 9.87. The van der Waals surface area contributed by atoms with Gasteiger partial charge in [0.25, 0.3) is 10.0 Å². The van der Waals surface area contributed by atoms with Crippen molar-refractivity contribution in [2.24, 2.45) is 0 Å². The molecule has 0 aliphatic rings. The number of aliphatic hydroxyl groups is 1. The van der Waals surface area contributed by atoms with Crippen LogP contribution in [-0.4, -0.2) is 25.6 Å². The Labute approximate surface area is 131 Å². The van der Waals surface area contributed by atoms with Crippen molar-refractivity contribution < 1.29 is 18.3 Å². The molecule has 0 saturated heterocycles. The highest BCUT2D eigenvalue weighted by atomic mass is 35.5. The molecule has 21 heavy (non-hydrogen) atoms. The number of thiazole rings is 1. The van der Waals surface area contributed by atoms with Crippen LogP contribution in [-0.2, 0) is 16.6 Å². The third-order valence-corrected chi connectivity index (χ3v) is 5.12. The van der Waals surface area contributed by atoms with Gasteiger partial charge >= 0.3 is 0 Å². The molecule has 0 radical (unpaired) electrons. The lowest BCUT2D eigenvalue weighted by Gasteiger charge is -2.13. The van der Waals surface area contributed by atoms with E-state index in [0.717, 1.165) is 4.88 Å². The van der Waals surface area contributed by atoms with E-state index < -0.39 is 10.0 Å². The quantitative estimate of drug-likeness (QED) is 0.866. The van der Waals surface area contributed by atoms with Gasteiger partial charge in [-0.1, -0.05) is 11.6 Å². The van der Waals surface area contributed by atoms with Crippen molar-refractivity contribution in [3.05, 3.63) is 33.8 Å². The van der Waals surface area contributed by atoms with E-state index in [9.17, 15) is 13.5 Å². The number of nitrogens with zero attached hydrogens (tertiary/aromatic N) is 1. The minimum absolute atomic E-state index is 0.0580. The van der Waals surface area contributed by atoms with E-state index in [2.05, 4.69) is 9.71 Å². The molecule has 0 aliphatic carbocycles. The minimum Gasteiger partial charge on any atom is -0.495 e. The van der Waals surface area contributed by atoms with E-state index in [1.807, 2.05) is 6.92 Å². The smallest absolute Gasteiger partial charge is 0.267 e. The molecule has 0 saturated carbocycles. The second-order valence-electron chi connectivity index (χ2n) is 4.14. The molecule has 2 N–H and O–H groups in total. The van der Waals surface area contributed by atoms with E-state index in [4.69, 9.17) is 16.3 Å². The molecule has 1 aromatic heterocycles. The van der Waals surface area contributed by atoms with Gasteiger partial charge in [0.2, 0.25) is 0 Å². The lowest BCUT2D eigenvalue weighted by molar-refractivity contribution is 0.272. The number of sulfonamides is 1. The predicted octanol–water partition coefficient (Wildman–Crippen LogP) is 2.41. The number of methoxy groups -OCH3 is 1. The van der Waals surface area contributed by atoms with Gasteiger partial charge in [-0.3, -0.25) is 4.72 Å². The lowest BCUT2D eigenvalue weighted by atomic mass is 10.2. The Hall–Kier alpha value is -1.35. The Kier molecular flexibility index (Phi) is 4.72. The molecular formula is C12H13ClN2O4S2. The third-order valence-electron chi connectivity index (χ3n) is 2.60. The van der Waals surface area contributed by atoms with Gasteiger partial charge in [0, 0.05) is 21.7 Å². The fourth-order valence-electron chi connectivity index (χ4n) is 1.74. The van der Waals surface area contributed by atoms with Gasteiger partial charge < -0.3 is 9.84 Å². The van der Waals surface area contributed by atoms with Gasteiger partial charge in [-0.05, 0) is 19.1 Å². The fourth-order valence-corrected chi connectivity index (χ4v) is 4.19. The van der Waals surface area contributed by atoms with Crippen molar-refractivity contribution >= 4 is 38.1 Å². The molecule has 0 amide bonds. The minimum atomic E-state index is -3.92. The highest BCUT2D eigenvalue weighted by Gasteiger charge is 2.24. The Morgan fingerprint density at radius 2 is 2.19 bits per heavy atom. The average molecular weight is 349 g/mol. The number of aryl methyl sites for hydroxylation is 1. The van der Waals surface area contributed by atoms with Crippen LogP contribution in [0, 0.1) is 6.92 Å². The van der Waals surface area contributed by atoms with Crippen molar-refractivity contribution in [3.8, 4) is 5.75 Å². The SMILES string of the molecule is COc1c(CO)cc(Cl)cc1S(=O)(=O)Nc1ncc(C)s1. The van der Waals surface area contributed by atoms with Crippen molar-refractivity contribution in [1.82, 2.24) is 4.98 Å². The second kappa shape index (κ2) is 6.18. The number of hydrogen-bond donors (Lipinski definition) is 2. The summed E-state index contributed by atoms with van der Waals surface area (Å²) >= 11 is 7.11. The molecule has 0 spiro atoms. The van der Waals surface area contributed by atoms with Crippen LogP contribution >= 0.6 is 22.9 Å². The van der Waals surface area contributed by atoms with E-state index >= 15 is 0 Å². The molecule has 1 aromatic carbocycles. The zero-order valence-electron chi connectivity index (χ0n) is 11.3. The Morgan fingerprint density at radius 1 is 1.48 bits per heavy atom. The number of aliphatic hydroxyl groups excluding tert-OH is 1. The predicted molar refractivity (Wildman–Crippen MR) is 81.6 cm³/mol. The summed E-state index contributed by atoms with van der Waals surface area (Å²) < 4.78 is 32.4. The van der Waals surface area contributed by atoms with Crippen LogP contribution in [0.25, 0.3) is 0 Å². The Bertz CT molecular complexity index is 759. The molecule has 114 valence electrons. The molecule has 0 atom stereocenters. The zero-order chi connectivity index (χ0) is 15.6. The first-order valence-corrected chi connectivity index (χ1v) is 8.47. The molecule has 0 unspecified atom stereocenters. The van der Waals surface area contributed by atoms with Gasteiger partial charge in [0.15, 0.2) is 5.13 Å². The molecule has 6 nitrogen and oxygen atoms in total. The van der Waals surface area contributed by atoms with Crippen LogP contribution < -0.4 is 9.46 Å². The number of benzene rings is 1. The van der Waals surface area contributed by atoms with Crippen LogP contribution in [0.5, 0.6) is 5.75 Å². The van der Waals surface area contributed by atoms with Crippen LogP contribution in [0.1, 0.15) is 10.4 Å². The molecular weight excluding hydrogens is 336 g/mol. The lowest BCUT2D eigenvalue weighted by Crippen LogP contribution is -2.15. The van der Waals surface area contributed by atoms with E-state index in [1.54, 1.807) is 6.20 Å². The van der Waals surface area contributed by atoms with Gasteiger partial charge in [-0.2, -0.15) is 0 Å². The fraction of sp³-hybridized carbons (Fsp3) is 0.250. The normalized spacial score (nSPS) is 11.4. The summed E-state index contributed by atoms with van der Waals surface area (Å²) in [6, 6.07) is 2.72.